The van der Waals surface area contributed by atoms with Crippen molar-refractivity contribution in [3.63, 3.8) is 0 Å². The Kier molecular flexibility index (Phi) is 4.24. The van der Waals surface area contributed by atoms with Gasteiger partial charge in [0.15, 0.2) is 5.82 Å². The number of halogens is 2. The highest BCUT2D eigenvalue weighted by atomic mass is 35.5. The highest BCUT2D eigenvalue weighted by Gasteiger charge is 2.21. The molecule has 1 saturated heterocycles. The molecule has 3 rings (SSSR count). The molecule has 0 aliphatic carbocycles. The van der Waals surface area contributed by atoms with Crippen LogP contribution < -0.4 is 5.32 Å². The molecular formula is C14H15Cl2N3O. The third-order valence-corrected chi connectivity index (χ3v) is 4.23. The van der Waals surface area contributed by atoms with Crippen LogP contribution in [0.15, 0.2) is 22.7 Å². The summed E-state index contributed by atoms with van der Waals surface area (Å²) in [6.45, 7) is 1.96. The van der Waals surface area contributed by atoms with Crippen LogP contribution in [-0.2, 0) is 6.42 Å². The van der Waals surface area contributed by atoms with Crippen LogP contribution in [0, 0.1) is 0 Å². The van der Waals surface area contributed by atoms with Gasteiger partial charge in [0, 0.05) is 23.0 Å². The molecule has 20 heavy (non-hydrogen) atoms. The number of piperidine rings is 1. The van der Waals surface area contributed by atoms with Crippen molar-refractivity contribution in [2.75, 3.05) is 13.1 Å². The summed E-state index contributed by atoms with van der Waals surface area (Å²) in [5.41, 5.74) is 0.838. The normalized spacial score (nSPS) is 19.2. The SMILES string of the molecule is Clc1cccc(Cl)c1Cc1noc(C2CCCNC2)n1. The fraction of sp³-hybridized carbons (Fsp3) is 0.429. The molecule has 6 heteroatoms. The molecule has 1 aliphatic rings. The van der Waals surface area contributed by atoms with Gasteiger partial charge in [-0.2, -0.15) is 4.98 Å². The van der Waals surface area contributed by atoms with E-state index in [4.69, 9.17) is 27.7 Å². The first-order valence-corrected chi connectivity index (χ1v) is 7.45. The first-order valence-electron chi connectivity index (χ1n) is 6.70. The van der Waals surface area contributed by atoms with E-state index in [1.54, 1.807) is 0 Å². The average Bonchev–Trinajstić information content (AvgIpc) is 2.93. The molecule has 1 unspecified atom stereocenters. The van der Waals surface area contributed by atoms with Crippen LogP contribution in [0.2, 0.25) is 10.0 Å². The zero-order valence-electron chi connectivity index (χ0n) is 10.9. The lowest BCUT2D eigenvalue weighted by Crippen LogP contribution is -2.28. The molecule has 1 fully saturated rings. The molecule has 2 heterocycles. The molecule has 1 aliphatic heterocycles. The van der Waals surface area contributed by atoms with E-state index < -0.39 is 0 Å². The fourth-order valence-corrected chi connectivity index (χ4v) is 2.96. The Hall–Kier alpha value is -1.10. The predicted octanol–water partition coefficient (Wildman–Crippen LogP) is 3.43. The highest BCUT2D eigenvalue weighted by Crippen LogP contribution is 2.27. The predicted molar refractivity (Wildman–Crippen MR) is 78.4 cm³/mol. The van der Waals surface area contributed by atoms with E-state index in [0.717, 1.165) is 31.5 Å². The summed E-state index contributed by atoms with van der Waals surface area (Å²) in [5.74, 6) is 1.64. The maximum Gasteiger partial charge on any atom is 0.231 e. The summed E-state index contributed by atoms with van der Waals surface area (Å²) >= 11 is 12.3. The molecule has 1 atom stereocenters. The standard InChI is InChI=1S/C14H15Cl2N3O/c15-11-4-1-5-12(16)10(11)7-13-18-14(20-19-13)9-3-2-6-17-8-9/h1,4-5,9,17H,2-3,6-8H2. The summed E-state index contributed by atoms with van der Waals surface area (Å²) in [4.78, 5) is 4.48. The van der Waals surface area contributed by atoms with Crippen LogP contribution in [0.1, 0.15) is 36.0 Å². The number of benzene rings is 1. The van der Waals surface area contributed by atoms with Crippen LogP contribution in [0.3, 0.4) is 0 Å². The molecular weight excluding hydrogens is 297 g/mol. The summed E-state index contributed by atoms with van der Waals surface area (Å²) in [5, 5.41) is 8.63. The smallest absolute Gasteiger partial charge is 0.231 e. The first kappa shape index (κ1) is 13.9. The third kappa shape index (κ3) is 2.97. The van der Waals surface area contributed by atoms with Gasteiger partial charge >= 0.3 is 0 Å². The van der Waals surface area contributed by atoms with Gasteiger partial charge in [0.05, 0.1) is 5.92 Å². The topological polar surface area (TPSA) is 51.0 Å². The Labute approximate surface area is 127 Å². The van der Waals surface area contributed by atoms with Crippen molar-refractivity contribution >= 4 is 23.2 Å². The van der Waals surface area contributed by atoms with Gasteiger partial charge in [-0.3, -0.25) is 0 Å². The lowest BCUT2D eigenvalue weighted by molar-refractivity contribution is 0.320. The summed E-state index contributed by atoms with van der Waals surface area (Å²) < 4.78 is 5.37. The lowest BCUT2D eigenvalue weighted by atomic mass is 10.00. The van der Waals surface area contributed by atoms with Gasteiger partial charge in [-0.05, 0) is 37.1 Å². The van der Waals surface area contributed by atoms with E-state index in [1.165, 1.54) is 0 Å². The molecule has 0 radical (unpaired) electrons. The Balaban J connectivity index is 1.77. The van der Waals surface area contributed by atoms with Crippen LogP contribution in [0.4, 0.5) is 0 Å². The molecule has 1 N–H and O–H groups in total. The van der Waals surface area contributed by atoms with Crippen molar-refractivity contribution in [3.05, 3.63) is 45.5 Å². The molecule has 106 valence electrons. The van der Waals surface area contributed by atoms with E-state index >= 15 is 0 Å². The molecule has 1 aromatic heterocycles. The largest absolute Gasteiger partial charge is 0.339 e. The van der Waals surface area contributed by atoms with Crippen LogP contribution in [0.5, 0.6) is 0 Å². The van der Waals surface area contributed by atoms with Crippen molar-refractivity contribution in [3.8, 4) is 0 Å². The second-order valence-corrected chi connectivity index (χ2v) is 5.78. The Morgan fingerprint density at radius 1 is 1.30 bits per heavy atom. The van der Waals surface area contributed by atoms with E-state index in [1.807, 2.05) is 18.2 Å². The van der Waals surface area contributed by atoms with Crippen molar-refractivity contribution in [2.24, 2.45) is 0 Å². The average molecular weight is 312 g/mol. The molecule has 0 amide bonds. The van der Waals surface area contributed by atoms with Crippen LogP contribution in [-0.4, -0.2) is 23.2 Å². The van der Waals surface area contributed by atoms with E-state index in [2.05, 4.69) is 15.5 Å². The molecule has 1 aromatic carbocycles. The first-order chi connectivity index (χ1) is 9.74. The summed E-state index contributed by atoms with van der Waals surface area (Å²) in [6, 6.07) is 5.45. The minimum Gasteiger partial charge on any atom is -0.339 e. The monoisotopic (exact) mass is 311 g/mol. The van der Waals surface area contributed by atoms with Gasteiger partial charge in [0.2, 0.25) is 5.89 Å². The van der Waals surface area contributed by atoms with E-state index in [-0.39, 0.29) is 0 Å². The van der Waals surface area contributed by atoms with Crippen molar-refractivity contribution < 1.29 is 4.52 Å². The second kappa shape index (κ2) is 6.12. The van der Waals surface area contributed by atoms with Gasteiger partial charge in [-0.1, -0.05) is 34.4 Å². The quantitative estimate of drug-likeness (QED) is 0.943. The maximum atomic E-state index is 6.15. The Bertz CT molecular complexity index is 574. The second-order valence-electron chi connectivity index (χ2n) is 4.97. The van der Waals surface area contributed by atoms with Gasteiger partial charge in [-0.25, -0.2) is 0 Å². The number of rotatable bonds is 3. The van der Waals surface area contributed by atoms with E-state index in [0.29, 0.717) is 34.1 Å². The molecule has 0 saturated carbocycles. The minimum absolute atomic E-state index is 0.312. The fourth-order valence-electron chi connectivity index (χ4n) is 2.43. The lowest BCUT2D eigenvalue weighted by Gasteiger charge is -2.18. The van der Waals surface area contributed by atoms with Crippen LogP contribution in [0.25, 0.3) is 0 Å². The van der Waals surface area contributed by atoms with E-state index in [9.17, 15) is 0 Å². The Morgan fingerprint density at radius 3 is 2.80 bits per heavy atom. The number of nitrogens with one attached hydrogen (secondary N) is 1. The van der Waals surface area contributed by atoms with Crippen molar-refractivity contribution in [1.29, 1.82) is 0 Å². The number of hydrogen-bond acceptors (Lipinski definition) is 4. The molecule has 0 bridgehead atoms. The van der Waals surface area contributed by atoms with Gasteiger partial charge in [0.1, 0.15) is 0 Å². The summed E-state index contributed by atoms with van der Waals surface area (Å²) in [6.07, 6.45) is 2.71. The molecule has 2 aromatic rings. The molecule has 0 spiro atoms. The Morgan fingerprint density at radius 2 is 2.10 bits per heavy atom. The summed E-state index contributed by atoms with van der Waals surface area (Å²) in [7, 11) is 0. The minimum atomic E-state index is 0.312. The van der Waals surface area contributed by atoms with Crippen molar-refractivity contribution in [2.45, 2.75) is 25.2 Å². The number of nitrogens with zero attached hydrogens (tertiary/aromatic N) is 2. The van der Waals surface area contributed by atoms with Gasteiger partial charge in [-0.15, -0.1) is 0 Å². The number of aromatic nitrogens is 2. The maximum absolute atomic E-state index is 6.15. The molecule has 4 nitrogen and oxygen atoms in total. The number of hydrogen-bond donors (Lipinski definition) is 1. The van der Waals surface area contributed by atoms with Crippen molar-refractivity contribution in [1.82, 2.24) is 15.5 Å². The zero-order chi connectivity index (χ0) is 13.9. The van der Waals surface area contributed by atoms with Crippen LogP contribution >= 0.6 is 23.2 Å². The zero-order valence-corrected chi connectivity index (χ0v) is 12.4. The third-order valence-electron chi connectivity index (χ3n) is 3.53. The van der Waals surface area contributed by atoms with Gasteiger partial charge in [0.25, 0.3) is 0 Å². The van der Waals surface area contributed by atoms with Gasteiger partial charge < -0.3 is 9.84 Å². The highest BCUT2D eigenvalue weighted by molar-refractivity contribution is 6.36.